The number of carbonyl (C=O) groups excluding carboxylic acids is 1. The third kappa shape index (κ3) is 4.35. The number of ether oxygens (including phenoxy) is 1. The van der Waals surface area contributed by atoms with E-state index in [0.29, 0.717) is 18.7 Å². The van der Waals surface area contributed by atoms with E-state index in [9.17, 15) is 4.79 Å². The summed E-state index contributed by atoms with van der Waals surface area (Å²) in [7, 11) is 0. The second-order valence-electron chi connectivity index (χ2n) is 6.51. The molecule has 4 nitrogen and oxygen atoms in total. The first-order valence-electron chi connectivity index (χ1n) is 9.16. The maximum atomic E-state index is 12.4. The van der Waals surface area contributed by atoms with Crippen LogP contribution in [0.15, 0.2) is 91.1 Å². The zero-order chi connectivity index (χ0) is 19.2. The fourth-order valence-electron chi connectivity index (χ4n) is 2.94. The highest BCUT2D eigenvalue weighted by Gasteiger charge is 2.06. The molecule has 0 aliphatic rings. The zero-order valence-electron chi connectivity index (χ0n) is 15.3. The van der Waals surface area contributed by atoms with Crippen molar-refractivity contribution < 1.29 is 9.53 Å². The number of nitrogens with one attached hydrogen (secondary N) is 1. The van der Waals surface area contributed by atoms with Crippen molar-refractivity contribution in [2.45, 2.75) is 13.2 Å². The molecule has 0 aliphatic carbocycles. The van der Waals surface area contributed by atoms with E-state index in [4.69, 9.17) is 4.74 Å². The van der Waals surface area contributed by atoms with Crippen LogP contribution in [0.1, 0.15) is 21.5 Å². The van der Waals surface area contributed by atoms with Gasteiger partial charge >= 0.3 is 0 Å². The number of aromatic nitrogens is 1. The van der Waals surface area contributed by atoms with E-state index in [1.54, 1.807) is 12.3 Å². The van der Waals surface area contributed by atoms with Gasteiger partial charge in [-0.3, -0.25) is 9.78 Å². The molecule has 4 aromatic rings. The molecule has 0 saturated carbocycles. The van der Waals surface area contributed by atoms with Gasteiger partial charge in [0.2, 0.25) is 0 Å². The van der Waals surface area contributed by atoms with Crippen LogP contribution >= 0.6 is 0 Å². The molecule has 0 fully saturated rings. The summed E-state index contributed by atoms with van der Waals surface area (Å²) in [5.74, 6) is 0.756. The molecule has 1 heterocycles. The number of rotatable bonds is 6. The van der Waals surface area contributed by atoms with Crippen molar-refractivity contribution in [3.8, 4) is 5.75 Å². The summed E-state index contributed by atoms with van der Waals surface area (Å²) >= 11 is 0. The fraction of sp³-hybridized carbons (Fsp3) is 0.0833. The van der Waals surface area contributed by atoms with Gasteiger partial charge in [-0.15, -0.1) is 0 Å². The lowest BCUT2D eigenvalue weighted by atomic mass is 10.1. The minimum atomic E-state index is -0.0951. The van der Waals surface area contributed by atoms with Gasteiger partial charge in [0.25, 0.3) is 5.91 Å². The van der Waals surface area contributed by atoms with Crippen LogP contribution in [-0.4, -0.2) is 10.9 Å². The minimum absolute atomic E-state index is 0.0951. The first-order valence-corrected chi connectivity index (χ1v) is 9.16. The molecule has 4 heteroatoms. The molecule has 1 aromatic heterocycles. The molecule has 1 amide bonds. The van der Waals surface area contributed by atoms with Gasteiger partial charge in [-0.1, -0.05) is 48.5 Å². The summed E-state index contributed by atoms with van der Waals surface area (Å²) in [5.41, 5.74) is 3.64. The van der Waals surface area contributed by atoms with Crippen LogP contribution in [0.5, 0.6) is 5.75 Å². The molecule has 0 spiro atoms. The van der Waals surface area contributed by atoms with Crippen molar-refractivity contribution in [1.29, 1.82) is 0 Å². The summed E-state index contributed by atoms with van der Waals surface area (Å²) in [5, 5.41) is 3.92. The van der Waals surface area contributed by atoms with E-state index < -0.39 is 0 Å². The van der Waals surface area contributed by atoms with Crippen molar-refractivity contribution in [3.05, 3.63) is 108 Å². The standard InChI is InChI=1S/C24H20N2O2/c27-24(21-12-13-23-20(15-21)5-4-14-25-23)26-16-18-8-10-19(11-9-18)17-28-22-6-2-1-3-7-22/h1-15H,16-17H2,(H,26,27). The maximum Gasteiger partial charge on any atom is 0.251 e. The molecule has 138 valence electrons. The molecular formula is C24H20N2O2. The quantitative estimate of drug-likeness (QED) is 0.535. The number of nitrogens with zero attached hydrogens (tertiary/aromatic N) is 1. The smallest absolute Gasteiger partial charge is 0.251 e. The Morgan fingerprint density at radius 2 is 1.64 bits per heavy atom. The number of fused-ring (bicyclic) bond motifs is 1. The highest BCUT2D eigenvalue weighted by Crippen LogP contribution is 2.14. The SMILES string of the molecule is O=C(NCc1ccc(COc2ccccc2)cc1)c1ccc2ncccc2c1. The van der Waals surface area contributed by atoms with E-state index in [0.717, 1.165) is 27.8 Å². The van der Waals surface area contributed by atoms with Gasteiger partial charge in [-0.2, -0.15) is 0 Å². The number of carbonyl (C=O) groups is 1. The summed E-state index contributed by atoms with van der Waals surface area (Å²) in [6.07, 6.45) is 1.75. The molecule has 0 atom stereocenters. The predicted octanol–water partition coefficient (Wildman–Crippen LogP) is 4.74. The van der Waals surface area contributed by atoms with Crippen molar-refractivity contribution in [3.63, 3.8) is 0 Å². The maximum absolute atomic E-state index is 12.4. The Labute approximate surface area is 163 Å². The molecule has 4 rings (SSSR count). The van der Waals surface area contributed by atoms with Gasteiger partial charge in [0.15, 0.2) is 0 Å². The lowest BCUT2D eigenvalue weighted by Crippen LogP contribution is -2.22. The first-order chi connectivity index (χ1) is 13.8. The predicted molar refractivity (Wildman–Crippen MR) is 110 cm³/mol. The number of hydrogen-bond acceptors (Lipinski definition) is 3. The van der Waals surface area contributed by atoms with Crippen LogP contribution in [0.2, 0.25) is 0 Å². The number of amides is 1. The Morgan fingerprint density at radius 3 is 2.46 bits per heavy atom. The summed E-state index contributed by atoms with van der Waals surface area (Å²) in [4.78, 5) is 16.7. The van der Waals surface area contributed by atoms with Gasteiger partial charge in [0.1, 0.15) is 12.4 Å². The van der Waals surface area contributed by atoms with Crippen molar-refractivity contribution in [2.75, 3.05) is 0 Å². The van der Waals surface area contributed by atoms with Gasteiger partial charge in [-0.05, 0) is 47.5 Å². The Balaban J connectivity index is 1.33. The lowest BCUT2D eigenvalue weighted by molar-refractivity contribution is 0.0951. The average molecular weight is 368 g/mol. The number of benzene rings is 3. The van der Waals surface area contributed by atoms with Gasteiger partial charge in [-0.25, -0.2) is 0 Å². The topological polar surface area (TPSA) is 51.2 Å². The highest BCUT2D eigenvalue weighted by atomic mass is 16.5. The van der Waals surface area contributed by atoms with Crippen LogP contribution in [-0.2, 0) is 13.2 Å². The van der Waals surface area contributed by atoms with E-state index in [2.05, 4.69) is 10.3 Å². The van der Waals surface area contributed by atoms with E-state index in [1.165, 1.54) is 0 Å². The fourth-order valence-corrected chi connectivity index (χ4v) is 2.94. The monoisotopic (exact) mass is 368 g/mol. The van der Waals surface area contributed by atoms with Gasteiger partial charge in [0, 0.05) is 23.7 Å². The number of para-hydroxylation sites is 1. The number of hydrogen-bond donors (Lipinski definition) is 1. The largest absolute Gasteiger partial charge is 0.489 e. The minimum Gasteiger partial charge on any atom is -0.489 e. The molecule has 0 radical (unpaired) electrons. The van der Waals surface area contributed by atoms with E-state index in [-0.39, 0.29) is 5.91 Å². The normalized spacial score (nSPS) is 10.6. The summed E-state index contributed by atoms with van der Waals surface area (Å²) < 4.78 is 5.75. The third-order valence-electron chi connectivity index (χ3n) is 4.49. The van der Waals surface area contributed by atoms with Gasteiger partial charge in [0.05, 0.1) is 5.52 Å². The average Bonchev–Trinajstić information content (AvgIpc) is 2.77. The van der Waals surface area contributed by atoms with Crippen LogP contribution in [0, 0.1) is 0 Å². The Morgan fingerprint density at radius 1 is 0.857 bits per heavy atom. The third-order valence-corrected chi connectivity index (χ3v) is 4.49. The highest BCUT2D eigenvalue weighted by molar-refractivity contribution is 5.97. The second-order valence-corrected chi connectivity index (χ2v) is 6.51. The molecular weight excluding hydrogens is 348 g/mol. The molecule has 0 unspecified atom stereocenters. The molecule has 28 heavy (non-hydrogen) atoms. The lowest BCUT2D eigenvalue weighted by Gasteiger charge is -2.09. The van der Waals surface area contributed by atoms with Crippen LogP contribution in [0.25, 0.3) is 10.9 Å². The zero-order valence-corrected chi connectivity index (χ0v) is 15.3. The Kier molecular flexibility index (Phi) is 5.29. The first kappa shape index (κ1) is 17.7. The van der Waals surface area contributed by atoms with Gasteiger partial charge < -0.3 is 10.1 Å². The Hall–Kier alpha value is -3.66. The molecule has 3 aromatic carbocycles. The van der Waals surface area contributed by atoms with Crippen molar-refractivity contribution >= 4 is 16.8 Å². The number of pyridine rings is 1. The second kappa shape index (κ2) is 8.35. The molecule has 0 aliphatic heterocycles. The molecule has 0 bridgehead atoms. The van der Waals surface area contributed by atoms with Crippen molar-refractivity contribution in [2.24, 2.45) is 0 Å². The van der Waals surface area contributed by atoms with Crippen LogP contribution < -0.4 is 10.1 Å². The van der Waals surface area contributed by atoms with Crippen LogP contribution in [0.3, 0.4) is 0 Å². The van der Waals surface area contributed by atoms with E-state index >= 15 is 0 Å². The summed E-state index contributed by atoms with van der Waals surface area (Å²) in [6.45, 7) is 0.992. The summed E-state index contributed by atoms with van der Waals surface area (Å²) in [6, 6.07) is 27.1. The van der Waals surface area contributed by atoms with Crippen LogP contribution in [0.4, 0.5) is 0 Å². The van der Waals surface area contributed by atoms with Crippen molar-refractivity contribution in [1.82, 2.24) is 10.3 Å². The molecule has 1 N–H and O–H groups in total. The van der Waals surface area contributed by atoms with E-state index in [1.807, 2.05) is 78.9 Å². The molecule has 0 saturated heterocycles. The Bertz CT molecular complexity index is 1080.